The fraction of sp³-hybridized carbons (Fsp3) is 0.0500. The van der Waals surface area contributed by atoms with Gasteiger partial charge in [-0.25, -0.2) is 0 Å². The third-order valence-corrected chi connectivity index (χ3v) is 5.12. The number of halogens is 4. The highest BCUT2D eigenvalue weighted by Gasteiger charge is 2.33. The lowest BCUT2D eigenvalue weighted by atomic mass is 10.1. The second-order valence-corrected chi connectivity index (χ2v) is 7.57. The third-order valence-electron chi connectivity index (χ3n) is 3.85. The van der Waals surface area contributed by atoms with E-state index in [-0.39, 0.29) is 5.69 Å². The Morgan fingerprint density at radius 1 is 1.00 bits per heavy atom. The Kier molecular flexibility index (Phi) is 6.63. The summed E-state index contributed by atoms with van der Waals surface area (Å²) in [7, 11) is 0. The molecule has 0 radical (unpaired) electrons. The van der Waals surface area contributed by atoms with Gasteiger partial charge in [0, 0.05) is 20.9 Å². The Labute approximate surface area is 178 Å². The van der Waals surface area contributed by atoms with E-state index in [1.807, 2.05) is 24.3 Å². The largest absolute Gasteiger partial charge is 0.416 e. The smallest absolute Gasteiger partial charge is 0.272 e. The van der Waals surface area contributed by atoms with Gasteiger partial charge in [0.15, 0.2) is 0 Å². The molecule has 0 atom stereocenters. The molecule has 0 aromatic heterocycles. The first-order valence-corrected chi connectivity index (χ1v) is 9.60. The van der Waals surface area contributed by atoms with Gasteiger partial charge in [0.05, 0.1) is 16.7 Å². The minimum absolute atomic E-state index is 0.140. The number of hydrogen-bond acceptors (Lipinski definition) is 5. The highest BCUT2D eigenvalue weighted by molar-refractivity contribution is 7.99. The van der Waals surface area contributed by atoms with E-state index in [9.17, 15) is 23.3 Å². The zero-order valence-corrected chi connectivity index (χ0v) is 16.6. The summed E-state index contributed by atoms with van der Waals surface area (Å²) in [5.41, 5.74) is 1.18. The highest BCUT2D eigenvalue weighted by Crippen LogP contribution is 2.35. The van der Waals surface area contributed by atoms with Crippen molar-refractivity contribution in [2.75, 3.05) is 5.43 Å². The van der Waals surface area contributed by atoms with Gasteiger partial charge in [-0.15, -0.1) is 0 Å². The number of nitrogens with zero attached hydrogens (tertiary/aromatic N) is 2. The molecule has 30 heavy (non-hydrogen) atoms. The predicted octanol–water partition coefficient (Wildman–Crippen LogP) is 6.86. The molecular formula is C20H13ClF3N3O2S. The molecule has 0 aliphatic carbocycles. The number of hydrazone groups is 1. The Morgan fingerprint density at radius 3 is 2.17 bits per heavy atom. The first-order chi connectivity index (χ1) is 14.2. The van der Waals surface area contributed by atoms with Crippen molar-refractivity contribution in [3.8, 4) is 0 Å². The third kappa shape index (κ3) is 5.74. The standard InChI is InChI=1S/C20H13ClF3N3O2S/c21-15-4-8-17(9-5-15)30-16-6-1-13(2-7-16)12-25-26-18-10-3-14(20(22,23)24)11-19(18)27(28)29/h1-12,26H/b25-12-. The van der Waals surface area contributed by atoms with Crippen LogP contribution >= 0.6 is 23.4 Å². The van der Waals surface area contributed by atoms with Crippen LogP contribution in [0.15, 0.2) is 81.6 Å². The normalized spacial score (nSPS) is 11.6. The van der Waals surface area contributed by atoms with Crippen molar-refractivity contribution in [2.45, 2.75) is 16.0 Å². The summed E-state index contributed by atoms with van der Waals surface area (Å²) in [6, 6.07) is 17.0. The molecular weight excluding hydrogens is 439 g/mol. The molecule has 0 unspecified atom stereocenters. The fourth-order valence-corrected chi connectivity index (χ4v) is 3.33. The van der Waals surface area contributed by atoms with Crippen LogP contribution in [-0.2, 0) is 6.18 Å². The number of nitro benzene ring substituents is 1. The molecule has 3 aromatic rings. The first-order valence-electron chi connectivity index (χ1n) is 8.40. The quantitative estimate of drug-likeness (QED) is 0.252. The van der Waals surface area contributed by atoms with Crippen molar-refractivity contribution in [3.05, 3.63) is 93.0 Å². The van der Waals surface area contributed by atoms with Crippen molar-refractivity contribution >= 4 is 41.0 Å². The number of benzene rings is 3. The molecule has 0 saturated carbocycles. The van der Waals surface area contributed by atoms with Crippen LogP contribution in [0.4, 0.5) is 24.5 Å². The van der Waals surface area contributed by atoms with E-state index in [1.54, 1.807) is 36.0 Å². The van der Waals surface area contributed by atoms with Gasteiger partial charge in [-0.1, -0.05) is 35.5 Å². The maximum atomic E-state index is 12.7. The second-order valence-electron chi connectivity index (χ2n) is 5.98. The predicted molar refractivity (Wildman–Crippen MR) is 111 cm³/mol. The van der Waals surface area contributed by atoms with Crippen LogP contribution in [0.2, 0.25) is 5.02 Å². The van der Waals surface area contributed by atoms with Crippen LogP contribution in [0, 0.1) is 10.1 Å². The Hall–Kier alpha value is -3.04. The van der Waals surface area contributed by atoms with Crippen LogP contribution < -0.4 is 5.43 Å². The Bertz CT molecular complexity index is 1070. The summed E-state index contributed by atoms with van der Waals surface area (Å²) in [6.45, 7) is 0. The fourth-order valence-electron chi connectivity index (χ4n) is 2.39. The van der Waals surface area contributed by atoms with E-state index >= 15 is 0 Å². The molecule has 3 rings (SSSR count). The molecule has 0 aliphatic rings. The monoisotopic (exact) mass is 451 g/mol. The van der Waals surface area contributed by atoms with E-state index in [0.29, 0.717) is 16.7 Å². The molecule has 0 saturated heterocycles. The number of rotatable bonds is 6. The number of nitrogens with one attached hydrogen (secondary N) is 1. The first kappa shape index (κ1) is 21.7. The van der Waals surface area contributed by atoms with E-state index in [1.165, 1.54) is 6.21 Å². The van der Waals surface area contributed by atoms with Crippen molar-refractivity contribution in [1.82, 2.24) is 0 Å². The second kappa shape index (κ2) is 9.19. The summed E-state index contributed by atoms with van der Waals surface area (Å²) >= 11 is 7.41. The lowest BCUT2D eigenvalue weighted by Gasteiger charge is -2.08. The highest BCUT2D eigenvalue weighted by atomic mass is 35.5. The molecule has 0 spiro atoms. The van der Waals surface area contributed by atoms with Crippen LogP contribution in [0.5, 0.6) is 0 Å². The van der Waals surface area contributed by atoms with Gasteiger partial charge >= 0.3 is 6.18 Å². The molecule has 0 bridgehead atoms. The Morgan fingerprint density at radius 2 is 1.60 bits per heavy atom. The molecule has 0 amide bonds. The molecule has 0 aliphatic heterocycles. The van der Waals surface area contributed by atoms with Gasteiger partial charge in [0.2, 0.25) is 0 Å². The minimum Gasteiger partial charge on any atom is -0.272 e. The summed E-state index contributed by atoms with van der Waals surface area (Å²) in [6.07, 6.45) is -3.25. The van der Waals surface area contributed by atoms with Crippen molar-refractivity contribution in [2.24, 2.45) is 5.10 Å². The maximum absolute atomic E-state index is 12.7. The van der Waals surface area contributed by atoms with Gasteiger partial charge in [0.1, 0.15) is 5.69 Å². The summed E-state index contributed by atoms with van der Waals surface area (Å²) < 4.78 is 38.2. The average Bonchev–Trinajstić information content (AvgIpc) is 2.70. The average molecular weight is 452 g/mol. The number of anilines is 1. The van der Waals surface area contributed by atoms with Crippen molar-refractivity contribution in [1.29, 1.82) is 0 Å². The zero-order chi connectivity index (χ0) is 21.7. The zero-order valence-electron chi connectivity index (χ0n) is 15.1. The Balaban J connectivity index is 1.68. The lowest BCUT2D eigenvalue weighted by Crippen LogP contribution is -2.06. The summed E-state index contributed by atoms with van der Waals surface area (Å²) in [4.78, 5) is 12.2. The van der Waals surface area contributed by atoms with Gasteiger partial charge < -0.3 is 0 Å². The molecule has 1 N–H and O–H groups in total. The van der Waals surface area contributed by atoms with Gasteiger partial charge in [-0.05, 0) is 54.1 Å². The SMILES string of the molecule is O=[N+]([O-])c1cc(C(F)(F)F)ccc1N/N=C\c1ccc(Sc2ccc(Cl)cc2)cc1. The van der Waals surface area contributed by atoms with Crippen LogP contribution in [0.1, 0.15) is 11.1 Å². The van der Waals surface area contributed by atoms with Crippen LogP contribution in [0.3, 0.4) is 0 Å². The molecule has 154 valence electrons. The van der Waals surface area contributed by atoms with Crippen LogP contribution in [-0.4, -0.2) is 11.1 Å². The molecule has 0 fully saturated rings. The molecule has 10 heteroatoms. The van der Waals surface area contributed by atoms with Crippen LogP contribution in [0.25, 0.3) is 0 Å². The summed E-state index contributed by atoms with van der Waals surface area (Å²) in [5.74, 6) is 0. The van der Waals surface area contributed by atoms with Gasteiger partial charge in [-0.2, -0.15) is 18.3 Å². The van der Waals surface area contributed by atoms with Crippen molar-refractivity contribution < 1.29 is 18.1 Å². The minimum atomic E-state index is -4.67. The van der Waals surface area contributed by atoms with Gasteiger partial charge in [0.25, 0.3) is 5.69 Å². The molecule has 0 heterocycles. The topological polar surface area (TPSA) is 67.5 Å². The molecule has 5 nitrogen and oxygen atoms in total. The van der Waals surface area contributed by atoms with E-state index in [4.69, 9.17) is 11.6 Å². The number of hydrogen-bond donors (Lipinski definition) is 1. The summed E-state index contributed by atoms with van der Waals surface area (Å²) in [5, 5.41) is 15.6. The van der Waals surface area contributed by atoms with E-state index < -0.39 is 22.4 Å². The van der Waals surface area contributed by atoms with Gasteiger partial charge in [-0.3, -0.25) is 15.5 Å². The van der Waals surface area contributed by atoms with Crippen molar-refractivity contribution in [3.63, 3.8) is 0 Å². The lowest BCUT2D eigenvalue weighted by molar-refractivity contribution is -0.384. The number of alkyl halides is 3. The number of nitro groups is 1. The van der Waals surface area contributed by atoms with E-state index in [0.717, 1.165) is 21.9 Å². The maximum Gasteiger partial charge on any atom is 0.416 e. The van der Waals surface area contributed by atoms with E-state index in [2.05, 4.69) is 10.5 Å². The molecule has 3 aromatic carbocycles.